The largest absolute Gasteiger partial charge is 0.493 e. The van der Waals surface area contributed by atoms with Crippen molar-refractivity contribution in [1.82, 2.24) is 19.8 Å². The Labute approximate surface area is 200 Å². The van der Waals surface area contributed by atoms with Crippen molar-refractivity contribution >= 4 is 40.5 Å². The molecule has 0 aliphatic carbocycles. The molecule has 2 atom stereocenters. The molecule has 4 heterocycles. The van der Waals surface area contributed by atoms with Crippen LogP contribution in [-0.4, -0.2) is 77.6 Å². The predicted molar refractivity (Wildman–Crippen MR) is 124 cm³/mol. The van der Waals surface area contributed by atoms with Crippen molar-refractivity contribution in [1.29, 1.82) is 0 Å². The third-order valence-electron chi connectivity index (χ3n) is 6.20. The van der Waals surface area contributed by atoms with Crippen LogP contribution in [0.3, 0.4) is 0 Å². The highest BCUT2D eigenvalue weighted by molar-refractivity contribution is 6.30. The Morgan fingerprint density at radius 1 is 1.32 bits per heavy atom. The molecule has 5 rings (SSSR count). The van der Waals surface area contributed by atoms with Gasteiger partial charge >= 0.3 is 0 Å². The Morgan fingerprint density at radius 2 is 2.18 bits per heavy atom. The number of carbonyl (C=O) groups is 2. The lowest BCUT2D eigenvalue weighted by Crippen LogP contribution is -2.69. The molecule has 2 fully saturated rings. The molecule has 2 unspecified atom stereocenters. The van der Waals surface area contributed by atoms with Crippen LogP contribution in [0.15, 0.2) is 34.9 Å². The maximum atomic E-state index is 13.5. The van der Waals surface area contributed by atoms with Gasteiger partial charge in [-0.05, 0) is 30.7 Å². The number of pyridine rings is 1. The topological polar surface area (TPSA) is 110 Å². The highest BCUT2D eigenvalue weighted by atomic mass is 35.5. The van der Waals surface area contributed by atoms with Crippen LogP contribution >= 0.6 is 11.6 Å². The first-order chi connectivity index (χ1) is 16.5. The number of nitrogens with zero attached hydrogens (tertiary/aromatic N) is 4. The number of rotatable bonds is 7. The summed E-state index contributed by atoms with van der Waals surface area (Å²) in [6.07, 6.45) is 2.51. The summed E-state index contributed by atoms with van der Waals surface area (Å²) in [4.78, 5) is 38.5. The van der Waals surface area contributed by atoms with Crippen molar-refractivity contribution in [2.45, 2.75) is 25.0 Å². The molecule has 178 valence electrons. The smallest absolute Gasteiger partial charge is 0.296 e. The van der Waals surface area contributed by atoms with E-state index in [1.54, 1.807) is 35.4 Å². The standard InChI is InChI=1S/C23H24ClN5O5/c1-32-12-18-22(31)28-6-4-16(28)11-29(18)21(30)13-7-17-20(19(8-13)33-2)34-23(27-17)26-10-15-9-14(24)3-5-25-15/h3,5,7-9,16,18H,4,6,10-12H2,1-2H3,(H,26,27). The van der Waals surface area contributed by atoms with Gasteiger partial charge in [-0.1, -0.05) is 11.6 Å². The highest BCUT2D eigenvalue weighted by Crippen LogP contribution is 2.33. The molecule has 2 aliphatic rings. The summed E-state index contributed by atoms with van der Waals surface area (Å²) in [6, 6.07) is 6.36. The molecule has 2 saturated heterocycles. The fraction of sp³-hybridized carbons (Fsp3) is 0.391. The Bertz CT molecular complexity index is 1250. The van der Waals surface area contributed by atoms with Crippen LogP contribution in [0.1, 0.15) is 22.5 Å². The number of hydrogen-bond donors (Lipinski definition) is 1. The fourth-order valence-electron chi connectivity index (χ4n) is 4.37. The maximum absolute atomic E-state index is 13.5. The second-order valence-corrected chi connectivity index (χ2v) is 8.70. The van der Waals surface area contributed by atoms with Gasteiger partial charge < -0.3 is 29.0 Å². The Balaban J connectivity index is 1.41. The van der Waals surface area contributed by atoms with Crippen LogP contribution in [0.25, 0.3) is 11.1 Å². The van der Waals surface area contributed by atoms with Gasteiger partial charge in [0, 0.05) is 37.0 Å². The molecule has 11 heteroatoms. The SMILES string of the molecule is COCC1C(=O)N2CCC2CN1C(=O)c1cc(OC)c2oc(NCc3cc(Cl)ccn3)nc2c1. The van der Waals surface area contributed by atoms with Crippen molar-refractivity contribution in [3.8, 4) is 5.75 Å². The number of aromatic nitrogens is 2. The third kappa shape index (κ3) is 4.03. The van der Waals surface area contributed by atoms with Gasteiger partial charge in [0.25, 0.3) is 11.9 Å². The zero-order chi connectivity index (χ0) is 23.8. The first-order valence-corrected chi connectivity index (χ1v) is 11.3. The Morgan fingerprint density at radius 3 is 2.88 bits per heavy atom. The molecule has 34 heavy (non-hydrogen) atoms. The van der Waals surface area contributed by atoms with Crippen LogP contribution in [0.5, 0.6) is 5.75 Å². The number of fused-ring (bicyclic) bond motifs is 2. The van der Waals surface area contributed by atoms with E-state index in [0.717, 1.165) is 18.7 Å². The van der Waals surface area contributed by atoms with Gasteiger partial charge in [0.1, 0.15) is 11.6 Å². The van der Waals surface area contributed by atoms with E-state index in [1.165, 1.54) is 14.2 Å². The first kappa shape index (κ1) is 22.4. The summed E-state index contributed by atoms with van der Waals surface area (Å²) < 4.78 is 16.6. The molecular formula is C23H24ClN5O5. The quantitative estimate of drug-likeness (QED) is 0.543. The van der Waals surface area contributed by atoms with E-state index in [2.05, 4.69) is 15.3 Å². The number of methoxy groups -OCH3 is 2. The molecule has 3 aromatic rings. The number of oxazole rings is 1. The summed E-state index contributed by atoms with van der Waals surface area (Å²) in [5, 5.41) is 3.66. The zero-order valence-corrected chi connectivity index (χ0v) is 19.5. The second kappa shape index (κ2) is 9.11. The number of piperazine rings is 1. The van der Waals surface area contributed by atoms with E-state index in [1.807, 2.05) is 4.90 Å². The van der Waals surface area contributed by atoms with Crippen LogP contribution in [-0.2, 0) is 16.1 Å². The van der Waals surface area contributed by atoms with Crippen molar-refractivity contribution < 1.29 is 23.5 Å². The molecule has 2 aromatic heterocycles. The van der Waals surface area contributed by atoms with Crippen molar-refractivity contribution in [3.05, 3.63) is 46.7 Å². The van der Waals surface area contributed by atoms with Gasteiger partial charge in [0.15, 0.2) is 11.3 Å². The second-order valence-electron chi connectivity index (χ2n) is 8.27. The third-order valence-corrected chi connectivity index (χ3v) is 6.44. The van der Waals surface area contributed by atoms with Crippen molar-refractivity contribution in [3.63, 3.8) is 0 Å². The molecule has 0 bridgehead atoms. The van der Waals surface area contributed by atoms with E-state index < -0.39 is 6.04 Å². The predicted octanol–water partition coefficient (Wildman–Crippen LogP) is 2.57. The van der Waals surface area contributed by atoms with E-state index >= 15 is 0 Å². The molecule has 1 aromatic carbocycles. The summed E-state index contributed by atoms with van der Waals surface area (Å²) in [6.45, 7) is 1.69. The number of nitrogens with one attached hydrogen (secondary N) is 1. The number of anilines is 1. The van der Waals surface area contributed by atoms with E-state index in [-0.39, 0.29) is 30.5 Å². The fourth-order valence-corrected chi connectivity index (χ4v) is 4.56. The molecular weight excluding hydrogens is 462 g/mol. The van der Waals surface area contributed by atoms with E-state index in [0.29, 0.717) is 40.5 Å². The summed E-state index contributed by atoms with van der Waals surface area (Å²) in [5.74, 6) is 0.0234. The van der Waals surface area contributed by atoms with Gasteiger partial charge in [-0.2, -0.15) is 4.98 Å². The van der Waals surface area contributed by atoms with Crippen molar-refractivity contribution in [2.24, 2.45) is 0 Å². The van der Waals surface area contributed by atoms with E-state index in [9.17, 15) is 9.59 Å². The number of amides is 2. The number of hydrogen-bond acceptors (Lipinski definition) is 8. The van der Waals surface area contributed by atoms with Gasteiger partial charge in [-0.15, -0.1) is 0 Å². The summed E-state index contributed by atoms with van der Waals surface area (Å²) in [5.41, 5.74) is 1.96. The van der Waals surface area contributed by atoms with Crippen LogP contribution < -0.4 is 10.1 Å². The van der Waals surface area contributed by atoms with Gasteiger partial charge in [-0.3, -0.25) is 14.6 Å². The average Bonchev–Trinajstić information content (AvgIpc) is 3.23. The minimum absolute atomic E-state index is 0.0538. The highest BCUT2D eigenvalue weighted by Gasteiger charge is 2.46. The zero-order valence-electron chi connectivity index (χ0n) is 18.8. The Hall–Kier alpha value is -3.37. The Kier molecular flexibility index (Phi) is 6.01. The normalized spacial score (nSPS) is 19.7. The lowest BCUT2D eigenvalue weighted by atomic mass is 9.95. The van der Waals surface area contributed by atoms with E-state index in [4.69, 9.17) is 25.5 Å². The van der Waals surface area contributed by atoms with Crippen molar-refractivity contribution in [2.75, 3.05) is 39.2 Å². The summed E-state index contributed by atoms with van der Waals surface area (Å²) >= 11 is 6.01. The number of halogens is 1. The molecule has 2 aliphatic heterocycles. The van der Waals surface area contributed by atoms with Gasteiger partial charge in [0.05, 0.1) is 32.0 Å². The lowest BCUT2D eigenvalue weighted by molar-refractivity contribution is -0.154. The summed E-state index contributed by atoms with van der Waals surface area (Å²) in [7, 11) is 3.02. The molecule has 2 amide bonds. The average molecular weight is 486 g/mol. The minimum Gasteiger partial charge on any atom is -0.493 e. The first-order valence-electron chi connectivity index (χ1n) is 10.9. The monoisotopic (exact) mass is 485 g/mol. The van der Waals surface area contributed by atoms with Crippen LogP contribution in [0.4, 0.5) is 6.01 Å². The van der Waals surface area contributed by atoms with Gasteiger partial charge in [0.2, 0.25) is 5.91 Å². The molecule has 0 spiro atoms. The van der Waals surface area contributed by atoms with Crippen LogP contribution in [0, 0.1) is 0 Å². The minimum atomic E-state index is -0.657. The molecule has 10 nitrogen and oxygen atoms in total. The number of carbonyl (C=O) groups excluding carboxylic acids is 2. The van der Waals surface area contributed by atoms with Gasteiger partial charge in [-0.25, -0.2) is 0 Å². The molecule has 0 saturated carbocycles. The van der Waals surface area contributed by atoms with Crippen LogP contribution in [0.2, 0.25) is 5.02 Å². The molecule has 0 radical (unpaired) electrons. The molecule has 1 N–H and O–H groups in total. The number of ether oxygens (including phenoxy) is 2. The maximum Gasteiger partial charge on any atom is 0.296 e. The lowest BCUT2D eigenvalue weighted by Gasteiger charge is -2.51. The number of benzene rings is 1.